The minimum atomic E-state index is -0.105. The van der Waals surface area contributed by atoms with Crippen LogP contribution in [0.4, 0.5) is 0 Å². The van der Waals surface area contributed by atoms with Crippen molar-refractivity contribution in [3.05, 3.63) is 32.2 Å². The first kappa shape index (κ1) is 8.49. The largest absolute Gasteiger partial charge is 0.326 e. The molecule has 0 saturated heterocycles. The van der Waals surface area contributed by atoms with Gasteiger partial charge in [-0.1, -0.05) is 0 Å². The van der Waals surface area contributed by atoms with Gasteiger partial charge < -0.3 is 10.7 Å². The van der Waals surface area contributed by atoms with Crippen molar-refractivity contribution in [2.75, 3.05) is 0 Å². The number of aryl methyl sites for hydroxylation is 1. The van der Waals surface area contributed by atoms with Gasteiger partial charge in [-0.05, 0) is 28.4 Å². The topological polar surface area (TPSA) is 58.9 Å². The zero-order chi connectivity index (χ0) is 8.43. The summed E-state index contributed by atoms with van der Waals surface area (Å²) in [5, 5.41) is 0. The van der Waals surface area contributed by atoms with Gasteiger partial charge in [-0.15, -0.1) is 0 Å². The lowest BCUT2D eigenvalue weighted by molar-refractivity contribution is 1.01. The van der Waals surface area contributed by atoms with E-state index in [1.165, 1.54) is 6.07 Å². The monoisotopic (exact) mass is 216 g/mol. The number of aromatic nitrogens is 1. The van der Waals surface area contributed by atoms with Crippen LogP contribution in [0.25, 0.3) is 0 Å². The Morgan fingerprint density at radius 3 is 2.91 bits per heavy atom. The molecule has 0 atom stereocenters. The molecule has 0 fully saturated rings. The van der Waals surface area contributed by atoms with Crippen LogP contribution in [-0.4, -0.2) is 4.98 Å². The molecule has 3 N–H and O–H groups in total. The zero-order valence-electron chi connectivity index (χ0n) is 6.15. The summed E-state index contributed by atoms with van der Waals surface area (Å²) >= 11 is 3.32. The first-order valence-electron chi connectivity index (χ1n) is 3.23. The van der Waals surface area contributed by atoms with Gasteiger partial charge in [-0.25, -0.2) is 0 Å². The van der Waals surface area contributed by atoms with Gasteiger partial charge in [0.1, 0.15) is 0 Å². The highest BCUT2D eigenvalue weighted by Crippen LogP contribution is 2.16. The third kappa shape index (κ3) is 1.70. The Kier molecular flexibility index (Phi) is 2.46. The number of rotatable bonds is 1. The van der Waals surface area contributed by atoms with E-state index in [1.807, 2.05) is 6.92 Å². The Balaban J connectivity index is 3.36. The van der Waals surface area contributed by atoms with Crippen molar-refractivity contribution in [2.24, 2.45) is 5.73 Å². The molecule has 0 aliphatic rings. The zero-order valence-corrected chi connectivity index (χ0v) is 7.73. The molecule has 0 aromatic carbocycles. The van der Waals surface area contributed by atoms with Crippen LogP contribution in [0.3, 0.4) is 0 Å². The lowest BCUT2D eigenvalue weighted by atomic mass is 10.2. The minimum Gasteiger partial charge on any atom is -0.326 e. The summed E-state index contributed by atoms with van der Waals surface area (Å²) in [6.07, 6.45) is 0. The van der Waals surface area contributed by atoms with Crippen LogP contribution in [0.1, 0.15) is 11.3 Å². The molecule has 0 saturated carbocycles. The van der Waals surface area contributed by atoms with Crippen LogP contribution in [0.5, 0.6) is 0 Å². The number of H-pyrrole nitrogens is 1. The van der Waals surface area contributed by atoms with E-state index in [0.29, 0.717) is 6.54 Å². The third-order valence-electron chi connectivity index (χ3n) is 1.45. The number of pyridine rings is 1. The molecule has 3 nitrogen and oxygen atoms in total. The van der Waals surface area contributed by atoms with Crippen molar-refractivity contribution >= 4 is 15.9 Å². The summed E-state index contributed by atoms with van der Waals surface area (Å²) < 4.78 is 0.889. The van der Waals surface area contributed by atoms with Crippen LogP contribution in [0.2, 0.25) is 0 Å². The molecule has 0 amide bonds. The highest BCUT2D eigenvalue weighted by molar-refractivity contribution is 9.10. The van der Waals surface area contributed by atoms with Crippen molar-refractivity contribution in [3.8, 4) is 0 Å². The second kappa shape index (κ2) is 3.19. The number of aromatic amines is 1. The minimum absolute atomic E-state index is 0.105. The number of halogens is 1. The summed E-state index contributed by atoms with van der Waals surface area (Å²) in [7, 11) is 0. The number of hydrogen-bond donors (Lipinski definition) is 2. The Hall–Kier alpha value is -0.610. The fraction of sp³-hybridized carbons (Fsp3) is 0.286. The van der Waals surface area contributed by atoms with E-state index in [2.05, 4.69) is 20.9 Å². The molecule has 0 aliphatic heterocycles. The first-order valence-corrected chi connectivity index (χ1v) is 4.03. The summed E-state index contributed by atoms with van der Waals surface area (Å²) in [6.45, 7) is 2.20. The van der Waals surface area contributed by atoms with E-state index in [-0.39, 0.29) is 5.56 Å². The van der Waals surface area contributed by atoms with Crippen molar-refractivity contribution in [3.63, 3.8) is 0 Å². The van der Waals surface area contributed by atoms with E-state index in [0.717, 1.165) is 15.7 Å². The van der Waals surface area contributed by atoms with Gasteiger partial charge in [-0.3, -0.25) is 4.79 Å². The van der Waals surface area contributed by atoms with E-state index in [4.69, 9.17) is 5.73 Å². The summed E-state index contributed by atoms with van der Waals surface area (Å²) in [5.74, 6) is 0. The molecule has 1 aromatic heterocycles. The molecule has 60 valence electrons. The summed E-state index contributed by atoms with van der Waals surface area (Å²) in [5.41, 5.74) is 6.96. The number of nitrogens with two attached hydrogens (primary N) is 1. The van der Waals surface area contributed by atoms with Crippen LogP contribution >= 0.6 is 15.9 Å². The normalized spacial score (nSPS) is 10.1. The molecule has 11 heavy (non-hydrogen) atoms. The molecule has 1 heterocycles. The standard InChI is InChI=1S/C7H9BrN2O/c1-4-7(8)5(3-9)2-6(11)10-4/h2H,3,9H2,1H3,(H,10,11). The predicted molar refractivity (Wildman–Crippen MR) is 47.4 cm³/mol. The predicted octanol–water partition coefficient (Wildman–Crippen LogP) is 0.905. The van der Waals surface area contributed by atoms with Crippen LogP contribution in [0, 0.1) is 6.92 Å². The first-order chi connectivity index (χ1) is 5.15. The molecular formula is C7H9BrN2O. The van der Waals surface area contributed by atoms with Gasteiger partial charge in [0.15, 0.2) is 0 Å². The van der Waals surface area contributed by atoms with E-state index >= 15 is 0 Å². The summed E-state index contributed by atoms with van der Waals surface area (Å²) in [4.78, 5) is 13.5. The Labute approximate surface area is 72.7 Å². The molecule has 0 unspecified atom stereocenters. The number of nitrogens with one attached hydrogen (secondary N) is 1. The Morgan fingerprint density at radius 2 is 2.36 bits per heavy atom. The van der Waals surface area contributed by atoms with Gasteiger partial charge in [0.05, 0.1) is 0 Å². The quantitative estimate of drug-likeness (QED) is 0.734. The maximum absolute atomic E-state index is 10.9. The summed E-state index contributed by atoms with van der Waals surface area (Å²) in [6, 6.07) is 1.50. The second-order valence-electron chi connectivity index (χ2n) is 2.30. The molecule has 0 radical (unpaired) electrons. The van der Waals surface area contributed by atoms with Crippen molar-refractivity contribution in [1.82, 2.24) is 4.98 Å². The van der Waals surface area contributed by atoms with Crippen LogP contribution in [-0.2, 0) is 6.54 Å². The average molecular weight is 217 g/mol. The molecule has 1 rings (SSSR count). The highest BCUT2D eigenvalue weighted by Gasteiger charge is 2.01. The molecule has 0 bridgehead atoms. The fourth-order valence-electron chi connectivity index (χ4n) is 0.887. The van der Waals surface area contributed by atoms with Gasteiger partial charge in [0, 0.05) is 22.8 Å². The van der Waals surface area contributed by atoms with Gasteiger partial charge in [0.2, 0.25) is 5.56 Å². The number of hydrogen-bond acceptors (Lipinski definition) is 2. The van der Waals surface area contributed by atoms with Crippen molar-refractivity contribution in [2.45, 2.75) is 13.5 Å². The molecule has 4 heteroatoms. The maximum Gasteiger partial charge on any atom is 0.248 e. The van der Waals surface area contributed by atoms with Gasteiger partial charge in [0.25, 0.3) is 0 Å². The smallest absolute Gasteiger partial charge is 0.248 e. The Bertz CT molecular complexity index is 319. The second-order valence-corrected chi connectivity index (χ2v) is 3.09. The van der Waals surface area contributed by atoms with E-state index < -0.39 is 0 Å². The fourth-order valence-corrected chi connectivity index (χ4v) is 1.26. The molecule has 1 aromatic rings. The van der Waals surface area contributed by atoms with Crippen molar-refractivity contribution in [1.29, 1.82) is 0 Å². The van der Waals surface area contributed by atoms with Gasteiger partial charge in [-0.2, -0.15) is 0 Å². The lowest BCUT2D eigenvalue weighted by Gasteiger charge is -2.02. The highest BCUT2D eigenvalue weighted by atomic mass is 79.9. The van der Waals surface area contributed by atoms with Crippen LogP contribution < -0.4 is 11.3 Å². The van der Waals surface area contributed by atoms with Crippen LogP contribution in [0.15, 0.2) is 15.3 Å². The molecular weight excluding hydrogens is 208 g/mol. The lowest BCUT2D eigenvalue weighted by Crippen LogP contribution is -2.11. The Morgan fingerprint density at radius 1 is 1.73 bits per heavy atom. The van der Waals surface area contributed by atoms with Crippen molar-refractivity contribution < 1.29 is 0 Å². The maximum atomic E-state index is 10.9. The molecule has 0 spiro atoms. The van der Waals surface area contributed by atoms with Gasteiger partial charge >= 0.3 is 0 Å². The SMILES string of the molecule is Cc1[nH]c(=O)cc(CN)c1Br. The average Bonchev–Trinajstić information content (AvgIpc) is 1.96. The molecule has 0 aliphatic carbocycles. The van der Waals surface area contributed by atoms with E-state index in [1.54, 1.807) is 0 Å². The third-order valence-corrected chi connectivity index (χ3v) is 2.55. The van der Waals surface area contributed by atoms with E-state index in [9.17, 15) is 4.79 Å².